The molecule has 1 aliphatic carbocycles. The predicted molar refractivity (Wildman–Crippen MR) is 34.5 cm³/mol. The van der Waals surface area contributed by atoms with Crippen LogP contribution in [0.4, 0.5) is 0 Å². The molecule has 1 amide bonds. The molecule has 0 spiro atoms. The van der Waals surface area contributed by atoms with Crippen LogP contribution in [0.5, 0.6) is 0 Å². The molecule has 4 N–H and O–H groups in total. The van der Waals surface area contributed by atoms with E-state index in [0.29, 0.717) is 13.0 Å². The van der Waals surface area contributed by atoms with E-state index in [9.17, 15) is 4.79 Å². The molecule has 3 nitrogen and oxygen atoms in total. The molecule has 0 heterocycles. The van der Waals surface area contributed by atoms with Gasteiger partial charge in [0.25, 0.3) is 0 Å². The smallest absolute Gasteiger partial charge is 0.218 e. The second-order valence-corrected chi connectivity index (χ2v) is 2.85. The Hall–Kier alpha value is -0.570. The van der Waals surface area contributed by atoms with Crippen molar-refractivity contribution in [1.82, 2.24) is 0 Å². The van der Waals surface area contributed by atoms with Gasteiger partial charge in [0.15, 0.2) is 0 Å². The molecule has 0 unspecified atom stereocenters. The molecule has 1 saturated carbocycles. The van der Waals surface area contributed by atoms with E-state index >= 15 is 0 Å². The first-order valence-electron chi connectivity index (χ1n) is 3.17. The first-order valence-corrected chi connectivity index (χ1v) is 3.17. The molecule has 0 aromatic heterocycles. The van der Waals surface area contributed by atoms with Crippen molar-refractivity contribution in [3.8, 4) is 0 Å². The van der Waals surface area contributed by atoms with Crippen LogP contribution in [-0.4, -0.2) is 12.5 Å². The van der Waals surface area contributed by atoms with Gasteiger partial charge in [0.2, 0.25) is 5.91 Å². The molecule has 9 heavy (non-hydrogen) atoms. The summed E-state index contributed by atoms with van der Waals surface area (Å²) in [6, 6.07) is 0. The Morgan fingerprint density at radius 3 is 2.22 bits per heavy atom. The number of rotatable bonds is 3. The monoisotopic (exact) mass is 128 g/mol. The predicted octanol–water partition coefficient (Wildman–Crippen LogP) is -0.399. The van der Waals surface area contributed by atoms with Gasteiger partial charge in [-0.05, 0) is 24.8 Å². The molecular weight excluding hydrogens is 116 g/mol. The van der Waals surface area contributed by atoms with Gasteiger partial charge in [-0.15, -0.1) is 0 Å². The molecule has 0 aromatic rings. The zero-order valence-electron chi connectivity index (χ0n) is 5.39. The third-order valence-electron chi connectivity index (χ3n) is 1.94. The molecule has 0 radical (unpaired) electrons. The molecule has 0 bridgehead atoms. The van der Waals surface area contributed by atoms with Crippen LogP contribution in [0, 0.1) is 5.41 Å². The fourth-order valence-electron chi connectivity index (χ4n) is 0.999. The average Bonchev–Trinajstić information content (AvgIpc) is 2.48. The number of nitrogens with two attached hydrogens (primary N) is 2. The summed E-state index contributed by atoms with van der Waals surface area (Å²) in [5.41, 5.74) is 10.5. The number of carbonyl (C=O) groups excluding carboxylic acids is 1. The van der Waals surface area contributed by atoms with Gasteiger partial charge in [-0.3, -0.25) is 4.79 Å². The summed E-state index contributed by atoms with van der Waals surface area (Å²) in [6.07, 6.45) is 2.63. The molecule has 1 rings (SSSR count). The highest BCUT2D eigenvalue weighted by molar-refractivity contribution is 5.75. The largest absolute Gasteiger partial charge is 0.370 e. The summed E-state index contributed by atoms with van der Waals surface area (Å²) in [6.45, 7) is 0.607. The van der Waals surface area contributed by atoms with E-state index in [0.717, 1.165) is 12.8 Å². The van der Waals surface area contributed by atoms with E-state index in [1.807, 2.05) is 0 Å². The maximum atomic E-state index is 10.4. The van der Waals surface area contributed by atoms with Crippen LogP contribution in [0.25, 0.3) is 0 Å². The maximum Gasteiger partial charge on any atom is 0.218 e. The Morgan fingerprint density at radius 2 is 2.11 bits per heavy atom. The molecule has 0 aliphatic heterocycles. The molecule has 1 aliphatic rings. The van der Waals surface area contributed by atoms with Crippen LogP contribution in [0.1, 0.15) is 19.3 Å². The van der Waals surface area contributed by atoms with Crippen molar-refractivity contribution in [1.29, 1.82) is 0 Å². The van der Waals surface area contributed by atoms with Gasteiger partial charge in [-0.2, -0.15) is 0 Å². The van der Waals surface area contributed by atoms with Crippen molar-refractivity contribution < 1.29 is 4.79 Å². The van der Waals surface area contributed by atoms with E-state index in [4.69, 9.17) is 11.5 Å². The number of primary amides is 1. The van der Waals surface area contributed by atoms with Crippen molar-refractivity contribution >= 4 is 5.91 Å². The van der Waals surface area contributed by atoms with Crippen molar-refractivity contribution in [2.75, 3.05) is 6.54 Å². The quantitative estimate of drug-likeness (QED) is 0.543. The number of hydrogen-bond donors (Lipinski definition) is 2. The van der Waals surface area contributed by atoms with Gasteiger partial charge in [0.05, 0.1) is 0 Å². The molecule has 0 saturated heterocycles. The summed E-state index contributed by atoms with van der Waals surface area (Å²) in [7, 11) is 0. The third-order valence-corrected chi connectivity index (χ3v) is 1.94. The summed E-state index contributed by atoms with van der Waals surface area (Å²) in [5, 5.41) is 0. The van der Waals surface area contributed by atoms with Crippen LogP contribution < -0.4 is 11.5 Å². The van der Waals surface area contributed by atoms with Crippen LogP contribution in [0.15, 0.2) is 0 Å². The average molecular weight is 128 g/mol. The van der Waals surface area contributed by atoms with Crippen molar-refractivity contribution in [2.45, 2.75) is 19.3 Å². The normalized spacial score (nSPS) is 21.4. The SMILES string of the molecule is NCC1(CC(N)=O)CC1. The minimum atomic E-state index is -0.224. The van der Waals surface area contributed by atoms with Gasteiger partial charge in [0, 0.05) is 6.42 Å². The van der Waals surface area contributed by atoms with Gasteiger partial charge in [-0.1, -0.05) is 0 Å². The summed E-state index contributed by atoms with van der Waals surface area (Å²) in [5.74, 6) is -0.224. The first kappa shape index (κ1) is 6.55. The fourth-order valence-corrected chi connectivity index (χ4v) is 0.999. The zero-order chi connectivity index (χ0) is 6.91. The fraction of sp³-hybridized carbons (Fsp3) is 0.833. The molecule has 3 heteroatoms. The standard InChI is InChI=1S/C6H12N2O/c7-4-6(1-2-6)3-5(8)9/h1-4,7H2,(H2,8,9). The summed E-state index contributed by atoms with van der Waals surface area (Å²) >= 11 is 0. The maximum absolute atomic E-state index is 10.4. The van der Waals surface area contributed by atoms with E-state index in [2.05, 4.69) is 0 Å². The molecule has 0 atom stereocenters. The van der Waals surface area contributed by atoms with Crippen molar-refractivity contribution in [2.24, 2.45) is 16.9 Å². The Kier molecular flexibility index (Phi) is 1.45. The lowest BCUT2D eigenvalue weighted by atomic mass is 10.0. The third kappa shape index (κ3) is 1.42. The summed E-state index contributed by atoms with van der Waals surface area (Å²) in [4.78, 5) is 10.4. The number of carbonyl (C=O) groups is 1. The molecule has 0 aromatic carbocycles. The highest BCUT2D eigenvalue weighted by Crippen LogP contribution is 2.47. The van der Waals surface area contributed by atoms with Crippen molar-refractivity contribution in [3.63, 3.8) is 0 Å². The molecule has 1 fully saturated rings. The highest BCUT2D eigenvalue weighted by atomic mass is 16.1. The van der Waals surface area contributed by atoms with Gasteiger partial charge < -0.3 is 11.5 Å². The Morgan fingerprint density at radius 1 is 1.56 bits per heavy atom. The van der Waals surface area contributed by atoms with Gasteiger partial charge in [0.1, 0.15) is 0 Å². The lowest BCUT2D eigenvalue weighted by Gasteiger charge is -2.06. The van der Waals surface area contributed by atoms with Crippen LogP contribution >= 0.6 is 0 Å². The lowest BCUT2D eigenvalue weighted by Crippen LogP contribution is -2.23. The van der Waals surface area contributed by atoms with Crippen LogP contribution in [0.3, 0.4) is 0 Å². The second-order valence-electron chi connectivity index (χ2n) is 2.85. The van der Waals surface area contributed by atoms with E-state index in [1.165, 1.54) is 0 Å². The Balaban J connectivity index is 2.33. The van der Waals surface area contributed by atoms with Gasteiger partial charge in [-0.25, -0.2) is 0 Å². The minimum Gasteiger partial charge on any atom is -0.370 e. The zero-order valence-corrected chi connectivity index (χ0v) is 5.39. The molecule has 52 valence electrons. The number of hydrogen-bond acceptors (Lipinski definition) is 2. The minimum absolute atomic E-state index is 0.117. The van der Waals surface area contributed by atoms with E-state index < -0.39 is 0 Å². The van der Waals surface area contributed by atoms with Crippen molar-refractivity contribution in [3.05, 3.63) is 0 Å². The first-order chi connectivity index (χ1) is 4.18. The lowest BCUT2D eigenvalue weighted by molar-refractivity contribution is -0.119. The second kappa shape index (κ2) is 1.99. The topological polar surface area (TPSA) is 69.1 Å². The van der Waals surface area contributed by atoms with E-state index in [-0.39, 0.29) is 11.3 Å². The summed E-state index contributed by atoms with van der Waals surface area (Å²) < 4.78 is 0. The Labute approximate surface area is 54.4 Å². The number of amides is 1. The van der Waals surface area contributed by atoms with Gasteiger partial charge >= 0.3 is 0 Å². The van der Waals surface area contributed by atoms with E-state index in [1.54, 1.807) is 0 Å². The van der Waals surface area contributed by atoms with Crippen LogP contribution in [0.2, 0.25) is 0 Å². The molecular formula is C6H12N2O. The Bertz CT molecular complexity index is 129. The van der Waals surface area contributed by atoms with Crippen LogP contribution in [-0.2, 0) is 4.79 Å². The highest BCUT2D eigenvalue weighted by Gasteiger charge is 2.42.